The Balaban J connectivity index is 1.63. The van der Waals surface area contributed by atoms with Gasteiger partial charge in [-0.3, -0.25) is 9.59 Å². The zero-order valence-corrected chi connectivity index (χ0v) is 13.2. The van der Waals surface area contributed by atoms with Crippen LogP contribution in [-0.2, 0) is 16.0 Å². The molecule has 0 heterocycles. The minimum atomic E-state index is -0.409. The standard InChI is InChI=1S/C18H23FN2O2/c19-16-9-5-4-8-15(16)12-17(22)21-13-18(23)20-11-10-14-6-2-1-3-7-14/h4-6,8-9H,1-3,7,10-13H2,(H,20,23)(H,21,22). The van der Waals surface area contributed by atoms with E-state index in [1.807, 2.05) is 0 Å². The Morgan fingerprint density at radius 3 is 2.65 bits per heavy atom. The molecule has 0 atom stereocenters. The number of halogens is 1. The monoisotopic (exact) mass is 318 g/mol. The number of carbonyl (C=O) groups is 2. The second kappa shape index (κ2) is 9.08. The summed E-state index contributed by atoms with van der Waals surface area (Å²) in [6.07, 6.45) is 7.80. The molecule has 1 aliphatic carbocycles. The number of carbonyl (C=O) groups excluding carboxylic acids is 2. The van der Waals surface area contributed by atoms with E-state index in [1.54, 1.807) is 18.2 Å². The number of hydrogen-bond acceptors (Lipinski definition) is 2. The molecule has 0 aromatic heterocycles. The highest BCUT2D eigenvalue weighted by atomic mass is 19.1. The van der Waals surface area contributed by atoms with E-state index in [0.29, 0.717) is 12.1 Å². The van der Waals surface area contributed by atoms with Crippen LogP contribution in [0.15, 0.2) is 35.9 Å². The van der Waals surface area contributed by atoms with Crippen molar-refractivity contribution in [1.29, 1.82) is 0 Å². The molecule has 4 nitrogen and oxygen atoms in total. The summed E-state index contributed by atoms with van der Waals surface area (Å²) in [6, 6.07) is 6.13. The topological polar surface area (TPSA) is 58.2 Å². The second-order valence-corrected chi connectivity index (χ2v) is 5.75. The van der Waals surface area contributed by atoms with Gasteiger partial charge in [0.05, 0.1) is 13.0 Å². The molecule has 0 saturated heterocycles. The van der Waals surface area contributed by atoms with Crippen LogP contribution in [0.25, 0.3) is 0 Å². The van der Waals surface area contributed by atoms with E-state index in [1.165, 1.54) is 24.5 Å². The molecule has 124 valence electrons. The zero-order valence-electron chi connectivity index (χ0n) is 13.2. The molecular formula is C18H23FN2O2. The average molecular weight is 318 g/mol. The number of rotatable bonds is 7. The predicted octanol–water partition coefficient (Wildman–Crippen LogP) is 2.49. The molecule has 0 bridgehead atoms. The molecule has 1 aromatic rings. The van der Waals surface area contributed by atoms with Gasteiger partial charge in [0.25, 0.3) is 0 Å². The van der Waals surface area contributed by atoms with E-state index >= 15 is 0 Å². The van der Waals surface area contributed by atoms with Crippen LogP contribution in [0.4, 0.5) is 4.39 Å². The fourth-order valence-corrected chi connectivity index (χ4v) is 2.61. The summed E-state index contributed by atoms with van der Waals surface area (Å²) in [5.74, 6) is -0.989. The summed E-state index contributed by atoms with van der Waals surface area (Å²) in [5.41, 5.74) is 1.73. The van der Waals surface area contributed by atoms with Gasteiger partial charge >= 0.3 is 0 Å². The molecule has 0 spiro atoms. The third kappa shape index (κ3) is 6.22. The van der Waals surface area contributed by atoms with Crippen molar-refractivity contribution in [2.45, 2.75) is 38.5 Å². The quantitative estimate of drug-likeness (QED) is 0.759. The van der Waals surface area contributed by atoms with Crippen molar-refractivity contribution in [2.24, 2.45) is 0 Å². The molecule has 2 N–H and O–H groups in total. The molecule has 1 aliphatic rings. The molecule has 0 aliphatic heterocycles. The molecule has 23 heavy (non-hydrogen) atoms. The van der Waals surface area contributed by atoms with E-state index in [9.17, 15) is 14.0 Å². The van der Waals surface area contributed by atoms with E-state index < -0.39 is 5.82 Å². The van der Waals surface area contributed by atoms with Crippen molar-refractivity contribution in [2.75, 3.05) is 13.1 Å². The fourth-order valence-electron chi connectivity index (χ4n) is 2.61. The van der Waals surface area contributed by atoms with E-state index in [-0.39, 0.29) is 24.8 Å². The lowest BCUT2D eigenvalue weighted by molar-refractivity contribution is -0.125. The SMILES string of the molecule is O=C(CNC(=O)Cc1ccccc1F)NCCC1=CCCCC1. The van der Waals surface area contributed by atoms with Crippen molar-refractivity contribution in [3.05, 3.63) is 47.3 Å². The van der Waals surface area contributed by atoms with Gasteiger partial charge in [0, 0.05) is 6.54 Å². The second-order valence-electron chi connectivity index (χ2n) is 5.75. The molecule has 0 unspecified atom stereocenters. The molecule has 2 amide bonds. The lowest BCUT2D eigenvalue weighted by Gasteiger charge is -2.13. The number of benzene rings is 1. The molecule has 0 radical (unpaired) electrons. The maximum absolute atomic E-state index is 13.4. The van der Waals surface area contributed by atoms with Crippen molar-refractivity contribution in [1.82, 2.24) is 10.6 Å². The normalized spacial score (nSPS) is 14.0. The summed E-state index contributed by atoms with van der Waals surface area (Å²) in [5, 5.41) is 5.31. The van der Waals surface area contributed by atoms with Gasteiger partial charge in [-0.05, 0) is 43.7 Å². The summed E-state index contributed by atoms with van der Waals surface area (Å²) in [6.45, 7) is 0.514. The smallest absolute Gasteiger partial charge is 0.239 e. The molecule has 5 heteroatoms. The predicted molar refractivity (Wildman–Crippen MR) is 87.3 cm³/mol. The summed E-state index contributed by atoms with van der Waals surface area (Å²) < 4.78 is 13.4. The van der Waals surface area contributed by atoms with Gasteiger partial charge in [-0.2, -0.15) is 0 Å². The molecular weight excluding hydrogens is 295 g/mol. The number of amides is 2. The van der Waals surface area contributed by atoms with Gasteiger partial charge in [0.1, 0.15) is 5.82 Å². The van der Waals surface area contributed by atoms with Gasteiger partial charge in [0.15, 0.2) is 0 Å². The Kier molecular flexibility index (Phi) is 6.78. The Labute approximate surface area is 136 Å². The lowest BCUT2D eigenvalue weighted by atomic mass is 9.97. The highest BCUT2D eigenvalue weighted by molar-refractivity contribution is 5.85. The third-order valence-electron chi connectivity index (χ3n) is 3.91. The van der Waals surface area contributed by atoms with Crippen LogP contribution in [0.1, 0.15) is 37.7 Å². The van der Waals surface area contributed by atoms with E-state index in [4.69, 9.17) is 0 Å². The van der Waals surface area contributed by atoms with Crippen molar-refractivity contribution in [3.8, 4) is 0 Å². The summed E-state index contributed by atoms with van der Waals surface area (Å²) in [4.78, 5) is 23.4. The molecule has 2 rings (SSSR count). The van der Waals surface area contributed by atoms with Crippen LogP contribution in [0.2, 0.25) is 0 Å². The number of allylic oxidation sites excluding steroid dienone is 1. The van der Waals surface area contributed by atoms with Gasteiger partial charge in [-0.15, -0.1) is 0 Å². The largest absolute Gasteiger partial charge is 0.354 e. The number of hydrogen-bond donors (Lipinski definition) is 2. The van der Waals surface area contributed by atoms with Crippen LogP contribution in [0.5, 0.6) is 0 Å². The highest BCUT2D eigenvalue weighted by Crippen LogP contribution is 2.19. The maximum atomic E-state index is 13.4. The van der Waals surface area contributed by atoms with Gasteiger partial charge in [0.2, 0.25) is 11.8 Å². The minimum absolute atomic E-state index is 0.0627. The van der Waals surface area contributed by atoms with Crippen molar-refractivity contribution >= 4 is 11.8 Å². The van der Waals surface area contributed by atoms with Gasteiger partial charge in [-0.25, -0.2) is 4.39 Å². The first-order chi connectivity index (χ1) is 11.1. The third-order valence-corrected chi connectivity index (χ3v) is 3.91. The van der Waals surface area contributed by atoms with Crippen LogP contribution in [-0.4, -0.2) is 24.9 Å². The highest BCUT2D eigenvalue weighted by Gasteiger charge is 2.09. The van der Waals surface area contributed by atoms with Crippen LogP contribution in [0.3, 0.4) is 0 Å². The molecule has 0 saturated carbocycles. The first-order valence-corrected chi connectivity index (χ1v) is 8.10. The zero-order chi connectivity index (χ0) is 16.5. The number of nitrogens with one attached hydrogen (secondary N) is 2. The van der Waals surface area contributed by atoms with Crippen LogP contribution >= 0.6 is 0 Å². The van der Waals surface area contributed by atoms with Gasteiger partial charge in [-0.1, -0.05) is 29.8 Å². The Bertz CT molecular complexity index is 584. The lowest BCUT2D eigenvalue weighted by Crippen LogP contribution is -2.38. The molecule has 1 aromatic carbocycles. The summed E-state index contributed by atoms with van der Waals surface area (Å²) >= 11 is 0. The Morgan fingerprint density at radius 1 is 1.09 bits per heavy atom. The van der Waals surface area contributed by atoms with E-state index in [2.05, 4.69) is 16.7 Å². The van der Waals surface area contributed by atoms with Gasteiger partial charge < -0.3 is 10.6 Å². The fraction of sp³-hybridized carbons (Fsp3) is 0.444. The van der Waals surface area contributed by atoms with Crippen molar-refractivity contribution in [3.63, 3.8) is 0 Å². The van der Waals surface area contributed by atoms with Crippen molar-refractivity contribution < 1.29 is 14.0 Å². The van der Waals surface area contributed by atoms with Crippen LogP contribution < -0.4 is 10.6 Å². The summed E-state index contributed by atoms with van der Waals surface area (Å²) in [7, 11) is 0. The molecule has 0 fully saturated rings. The average Bonchev–Trinajstić information content (AvgIpc) is 2.56. The minimum Gasteiger partial charge on any atom is -0.354 e. The maximum Gasteiger partial charge on any atom is 0.239 e. The van der Waals surface area contributed by atoms with E-state index in [0.717, 1.165) is 19.3 Å². The first-order valence-electron chi connectivity index (χ1n) is 8.10. The Morgan fingerprint density at radius 2 is 1.91 bits per heavy atom. The first kappa shape index (κ1) is 17.2. The van der Waals surface area contributed by atoms with Crippen LogP contribution in [0, 0.1) is 5.82 Å². The Hall–Kier alpha value is -2.17.